The zero-order valence-corrected chi connectivity index (χ0v) is 11.8. The van der Waals surface area contributed by atoms with E-state index in [1.54, 1.807) is 0 Å². The van der Waals surface area contributed by atoms with E-state index in [0.29, 0.717) is 12.5 Å². The van der Waals surface area contributed by atoms with Crippen molar-refractivity contribution >= 4 is 5.91 Å². The van der Waals surface area contributed by atoms with Crippen LogP contribution in [-0.2, 0) is 4.79 Å². The Morgan fingerprint density at radius 2 is 2.06 bits per heavy atom. The highest BCUT2D eigenvalue weighted by Crippen LogP contribution is 2.44. The van der Waals surface area contributed by atoms with Crippen LogP contribution < -0.4 is 10.6 Å². The molecule has 0 radical (unpaired) electrons. The molecular formula is C15H26N2O. The smallest absolute Gasteiger partial charge is 0.221 e. The van der Waals surface area contributed by atoms with Crippen molar-refractivity contribution in [2.24, 2.45) is 17.8 Å². The first-order valence-corrected chi connectivity index (χ1v) is 7.27. The summed E-state index contributed by atoms with van der Waals surface area (Å²) in [5.41, 5.74) is 0. The highest BCUT2D eigenvalue weighted by molar-refractivity contribution is 5.76. The van der Waals surface area contributed by atoms with Crippen molar-refractivity contribution in [2.45, 2.75) is 52.1 Å². The molecule has 1 fully saturated rings. The van der Waals surface area contributed by atoms with Crippen LogP contribution in [0, 0.1) is 17.8 Å². The molecule has 3 heteroatoms. The Labute approximate surface area is 110 Å². The number of carbonyl (C=O) groups excluding carboxylic acids is 1. The molecule has 0 saturated heterocycles. The summed E-state index contributed by atoms with van der Waals surface area (Å²) in [7, 11) is 0. The van der Waals surface area contributed by atoms with Gasteiger partial charge in [-0.3, -0.25) is 4.79 Å². The Morgan fingerprint density at radius 3 is 2.61 bits per heavy atom. The van der Waals surface area contributed by atoms with Crippen molar-refractivity contribution in [3.63, 3.8) is 0 Å². The van der Waals surface area contributed by atoms with E-state index in [4.69, 9.17) is 0 Å². The van der Waals surface area contributed by atoms with Crippen LogP contribution in [0.25, 0.3) is 0 Å². The fourth-order valence-corrected chi connectivity index (χ4v) is 3.36. The zero-order chi connectivity index (χ0) is 13.1. The van der Waals surface area contributed by atoms with E-state index < -0.39 is 0 Å². The summed E-state index contributed by atoms with van der Waals surface area (Å²) in [5, 5.41) is 6.44. The molecule has 0 aromatic carbocycles. The summed E-state index contributed by atoms with van der Waals surface area (Å²) >= 11 is 0. The fourth-order valence-electron chi connectivity index (χ4n) is 3.36. The van der Waals surface area contributed by atoms with Crippen LogP contribution in [-0.4, -0.2) is 24.5 Å². The third-order valence-corrected chi connectivity index (χ3v) is 4.24. The summed E-state index contributed by atoms with van der Waals surface area (Å²) in [6, 6.07) is 0.766. The number of rotatable bonds is 6. The quantitative estimate of drug-likeness (QED) is 0.709. The van der Waals surface area contributed by atoms with Crippen molar-refractivity contribution in [2.75, 3.05) is 6.54 Å². The Bertz CT molecular complexity index is 324. The van der Waals surface area contributed by atoms with E-state index in [2.05, 4.69) is 29.7 Å². The van der Waals surface area contributed by atoms with Gasteiger partial charge in [0.15, 0.2) is 0 Å². The molecule has 2 rings (SSSR count). The number of fused-ring (bicyclic) bond motifs is 2. The van der Waals surface area contributed by atoms with Gasteiger partial charge in [0.1, 0.15) is 0 Å². The van der Waals surface area contributed by atoms with Crippen molar-refractivity contribution in [1.29, 1.82) is 0 Å². The Balaban J connectivity index is 1.65. The average molecular weight is 250 g/mol. The van der Waals surface area contributed by atoms with Gasteiger partial charge in [0.2, 0.25) is 5.91 Å². The number of allylic oxidation sites excluding steroid dienone is 2. The molecule has 0 aliphatic heterocycles. The highest BCUT2D eigenvalue weighted by atomic mass is 16.1. The van der Waals surface area contributed by atoms with Crippen molar-refractivity contribution < 1.29 is 4.79 Å². The fraction of sp³-hybridized carbons (Fsp3) is 0.800. The molecule has 102 valence electrons. The van der Waals surface area contributed by atoms with Gasteiger partial charge in [0.25, 0.3) is 0 Å². The molecule has 4 unspecified atom stereocenters. The normalized spacial score (nSPS) is 31.0. The van der Waals surface area contributed by atoms with Gasteiger partial charge in [-0.05, 0) is 51.4 Å². The van der Waals surface area contributed by atoms with E-state index in [1.165, 1.54) is 12.8 Å². The molecule has 4 atom stereocenters. The summed E-state index contributed by atoms with van der Waals surface area (Å²) in [5.74, 6) is 2.53. The first kappa shape index (κ1) is 13.6. The molecule has 2 N–H and O–H groups in total. The summed E-state index contributed by atoms with van der Waals surface area (Å²) in [6.07, 6.45) is 8.03. The number of hydrogen-bond acceptors (Lipinski definition) is 2. The summed E-state index contributed by atoms with van der Waals surface area (Å²) in [4.78, 5) is 11.5. The maximum Gasteiger partial charge on any atom is 0.221 e. The molecule has 18 heavy (non-hydrogen) atoms. The van der Waals surface area contributed by atoms with Crippen LogP contribution in [0.3, 0.4) is 0 Å². The van der Waals surface area contributed by atoms with Crippen LogP contribution in [0.5, 0.6) is 0 Å². The van der Waals surface area contributed by atoms with Crippen molar-refractivity contribution in [3.8, 4) is 0 Å². The number of hydrogen-bond donors (Lipinski definition) is 2. The first-order chi connectivity index (χ1) is 8.56. The van der Waals surface area contributed by atoms with E-state index in [9.17, 15) is 4.79 Å². The predicted octanol–water partition coefficient (Wildman–Crippen LogP) is 2.09. The largest absolute Gasteiger partial charge is 0.354 e. The minimum absolute atomic E-state index is 0.150. The van der Waals surface area contributed by atoms with Crippen molar-refractivity contribution in [1.82, 2.24) is 10.6 Å². The lowest BCUT2D eigenvalue weighted by atomic mass is 9.87. The molecule has 0 spiro atoms. The molecule has 0 heterocycles. The Hall–Kier alpha value is -0.830. The lowest BCUT2D eigenvalue weighted by Crippen LogP contribution is -2.38. The van der Waals surface area contributed by atoms with Gasteiger partial charge in [0.05, 0.1) is 0 Å². The first-order valence-electron chi connectivity index (χ1n) is 7.27. The summed E-state index contributed by atoms with van der Waals surface area (Å²) < 4.78 is 0. The minimum atomic E-state index is 0.150. The second-order valence-electron chi connectivity index (χ2n) is 6.16. The topological polar surface area (TPSA) is 41.1 Å². The van der Waals surface area contributed by atoms with Crippen molar-refractivity contribution in [3.05, 3.63) is 12.2 Å². The maximum atomic E-state index is 11.5. The van der Waals surface area contributed by atoms with Gasteiger partial charge in [0, 0.05) is 25.0 Å². The highest BCUT2D eigenvalue weighted by Gasteiger charge is 2.38. The van der Waals surface area contributed by atoms with Gasteiger partial charge in [-0.25, -0.2) is 0 Å². The Morgan fingerprint density at radius 1 is 1.28 bits per heavy atom. The number of nitrogens with one attached hydrogen (secondary N) is 2. The average Bonchev–Trinajstić information content (AvgIpc) is 2.89. The van der Waals surface area contributed by atoms with Gasteiger partial charge in [-0.15, -0.1) is 0 Å². The molecule has 1 saturated carbocycles. The van der Waals surface area contributed by atoms with Gasteiger partial charge in [-0.2, -0.15) is 0 Å². The Kier molecular flexibility index (Phi) is 4.44. The van der Waals surface area contributed by atoms with Crippen LogP contribution >= 0.6 is 0 Å². The lowest BCUT2D eigenvalue weighted by Gasteiger charge is -2.26. The third-order valence-electron chi connectivity index (χ3n) is 4.24. The molecule has 0 aromatic rings. The lowest BCUT2D eigenvalue weighted by molar-refractivity contribution is -0.121. The van der Waals surface area contributed by atoms with Gasteiger partial charge < -0.3 is 10.6 Å². The van der Waals surface area contributed by atoms with Crippen LogP contribution in [0.4, 0.5) is 0 Å². The van der Waals surface area contributed by atoms with Crippen LogP contribution in [0.15, 0.2) is 12.2 Å². The monoisotopic (exact) mass is 250 g/mol. The predicted molar refractivity (Wildman–Crippen MR) is 74.2 cm³/mol. The SMILES string of the molecule is CC(C)NC(=O)CCNC(C)C1CC2C=CC1C2. The molecule has 0 aromatic heterocycles. The van der Waals surface area contributed by atoms with Gasteiger partial charge >= 0.3 is 0 Å². The second kappa shape index (κ2) is 5.87. The van der Waals surface area contributed by atoms with E-state index in [1.807, 2.05) is 13.8 Å². The number of amides is 1. The maximum absolute atomic E-state index is 11.5. The molecule has 1 amide bonds. The molecule has 2 aliphatic rings. The third kappa shape index (κ3) is 3.35. The second-order valence-corrected chi connectivity index (χ2v) is 6.16. The molecule has 2 aliphatic carbocycles. The molecular weight excluding hydrogens is 224 g/mol. The number of carbonyl (C=O) groups is 1. The van der Waals surface area contributed by atoms with E-state index in [0.717, 1.165) is 24.3 Å². The standard InChI is InChI=1S/C15H26N2O/c1-10(2)17-15(18)6-7-16-11(3)14-9-12-4-5-13(14)8-12/h4-5,10-14,16H,6-9H2,1-3H3,(H,17,18). The van der Waals surface area contributed by atoms with E-state index in [-0.39, 0.29) is 11.9 Å². The van der Waals surface area contributed by atoms with Gasteiger partial charge in [-0.1, -0.05) is 12.2 Å². The van der Waals surface area contributed by atoms with Crippen LogP contribution in [0.2, 0.25) is 0 Å². The summed E-state index contributed by atoms with van der Waals surface area (Å²) in [6.45, 7) is 7.04. The van der Waals surface area contributed by atoms with Crippen LogP contribution in [0.1, 0.15) is 40.0 Å². The minimum Gasteiger partial charge on any atom is -0.354 e. The molecule has 2 bridgehead atoms. The molecule has 3 nitrogen and oxygen atoms in total. The zero-order valence-electron chi connectivity index (χ0n) is 11.8. The van der Waals surface area contributed by atoms with E-state index >= 15 is 0 Å².